The molecule has 1 aromatic carbocycles. The van der Waals surface area contributed by atoms with Gasteiger partial charge in [0, 0.05) is 5.56 Å². The third kappa shape index (κ3) is 3.28. The van der Waals surface area contributed by atoms with Crippen molar-refractivity contribution in [3.8, 4) is 11.4 Å². The van der Waals surface area contributed by atoms with E-state index in [0.717, 1.165) is 18.9 Å². The fourth-order valence-corrected chi connectivity index (χ4v) is 2.48. The molecule has 0 atom stereocenters. The molecule has 0 unspecified atom stereocenters. The lowest BCUT2D eigenvalue weighted by Gasteiger charge is -2.09. The van der Waals surface area contributed by atoms with Crippen molar-refractivity contribution in [2.45, 2.75) is 45.3 Å². The molecule has 118 valence electrons. The molecule has 1 heterocycles. The van der Waals surface area contributed by atoms with Crippen LogP contribution in [0, 0.1) is 5.41 Å². The molecule has 0 amide bonds. The van der Waals surface area contributed by atoms with Gasteiger partial charge < -0.3 is 0 Å². The van der Waals surface area contributed by atoms with Gasteiger partial charge in [-0.1, -0.05) is 25.1 Å². The number of benzene rings is 1. The Kier molecular flexibility index (Phi) is 3.66. The zero-order valence-electron chi connectivity index (χ0n) is 12.3. The number of aryl methyl sites for hydroxylation is 1. The highest BCUT2D eigenvalue weighted by Crippen LogP contribution is 2.48. The first-order valence-corrected chi connectivity index (χ1v) is 7.32. The average molecular weight is 310 g/mol. The molecular formula is C15H17F3N4. The van der Waals surface area contributed by atoms with Gasteiger partial charge in [-0.2, -0.15) is 18.0 Å². The topological polar surface area (TPSA) is 43.6 Å². The highest BCUT2D eigenvalue weighted by atomic mass is 19.4. The molecule has 0 spiro atoms. The number of tetrazole rings is 1. The van der Waals surface area contributed by atoms with E-state index in [9.17, 15) is 13.2 Å². The summed E-state index contributed by atoms with van der Waals surface area (Å²) < 4.78 is 39.0. The van der Waals surface area contributed by atoms with Crippen molar-refractivity contribution in [3.63, 3.8) is 0 Å². The van der Waals surface area contributed by atoms with E-state index in [1.165, 1.54) is 29.8 Å². The van der Waals surface area contributed by atoms with Crippen LogP contribution in [0.15, 0.2) is 24.3 Å². The first-order valence-electron chi connectivity index (χ1n) is 7.32. The molecule has 0 saturated heterocycles. The molecule has 22 heavy (non-hydrogen) atoms. The number of aromatic nitrogens is 4. The summed E-state index contributed by atoms with van der Waals surface area (Å²) in [6.45, 7) is 2.82. The molecule has 3 rings (SSSR count). The summed E-state index contributed by atoms with van der Waals surface area (Å²) in [5.41, 5.74) is -0.317. The van der Waals surface area contributed by atoms with Gasteiger partial charge in [-0.15, -0.1) is 10.2 Å². The molecule has 1 aliphatic carbocycles. The molecule has 1 aliphatic rings. The summed E-state index contributed by atoms with van der Waals surface area (Å²) in [7, 11) is 0. The van der Waals surface area contributed by atoms with Crippen LogP contribution in [0.4, 0.5) is 13.2 Å². The van der Waals surface area contributed by atoms with Crippen molar-refractivity contribution in [2.75, 3.05) is 0 Å². The lowest BCUT2D eigenvalue weighted by Crippen LogP contribution is -2.08. The van der Waals surface area contributed by atoms with E-state index >= 15 is 0 Å². The number of nitrogens with zero attached hydrogens (tertiary/aromatic N) is 4. The summed E-state index contributed by atoms with van der Waals surface area (Å²) in [5, 5.41) is 11.7. The van der Waals surface area contributed by atoms with Crippen LogP contribution in [0.3, 0.4) is 0 Å². The van der Waals surface area contributed by atoms with Gasteiger partial charge in [0.25, 0.3) is 0 Å². The molecule has 0 bridgehead atoms. The molecule has 1 saturated carbocycles. The van der Waals surface area contributed by atoms with E-state index in [-0.39, 0.29) is 11.4 Å². The molecule has 4 nitrogen and oxygen atoms in total. The van der Waals surface area contributed by atoms with Crippen molar-refractivity contribution in [2.24, 2.45) is 5.41 Å². The molecule has 7 heteroatoms. The number of alkyl halides is 3. The maximum Gasteiger partial charge on any atom is 0.417 e. The second-order valence-electron chi connectivity index (χ2n) is 6.17. The minimum absolute atomic E-state index is 0.0190. The first kappa shape index (κ1) is 15.0. The summed E-state index contributed by atoms with van der Waals surface area (Å²) in [6.07, 6.45) is 0.0723. The molecule has 0 aliphatic heterocycles. The van der Waals surface area contributed by atoms with Crippen molar-refractivity contribution < 1.29 is 13.2 Å². The van der Waals surface area contributed by atoms with E-state index in [4.69, 9.17) is 0 Å². The summed E-state index contributed by atoms with van der Waals surface area (Å²) in [5.74, 6) is 0.0190. The highest BCUT2D eigenvalue weighted by molar-refractivity contribution is 5.60. The van der Waals surface area contributed by atoms with Gasteiger partial charge in [-0.25, -0.2) is 0 Å². The Balaban J connectivity index is 1.73. The van der Waals surface area contributed by atoms with Gasteiger partial charge in [-0.3, -0.25) is 0 Å². The van der Waals surface area contributed by atoms with E-state index in [2.05, 4.69) is 22.3 Å². The summed E-state index contributed by atoms with van der Waals surface area (Å²) >= 11 is 0. The van der Waals surface area contributed by atoms with Gasteiger partial charge >= 0.3 is 6.18 Å². The van der Waals surface area contributed by atoms with Crippen LogP contribution in [0.25, 0.3) is 11.4 Å². The fraction of sp³-hybridized carbons (Fsp3) is 0.533. The predicted molar refractivity (Wildman–Crippen MR) is 74.8 cm³/mol. The Morgan fingerprint density at radius 2 is 1.95 bits per heavy atom. The van der Waals surface area contributed by atoms with Gasteiger partial charge in [0.15, 0.2) is 0 Å². The van der Waals surface area contributed by atoms with Crippen LogP contribution in [0.2, 0.25) is 0 Å². The highest BCUT2D eigenvalue weighted by Gasteiger charge is 2.36. The Morgan fingerprint density at radius 3 is 2.64 bits per heavy atom. The average Bonchev–Trinajstić information content (AvgIpc) is 3.01. The fourth-order valence-electron chi connectivity index (χ4n) is 2.48. The number of hydrogen-bond acceptors (Lipinski definition) is 3. The third-order valence-corrected chi connectivity index (χ3v) is 4.17. The van der Waals surface area contributed by atoms with Gasteiger partial charge in [0.05, 0.1) is 12.1 Å². The zero-order chi connectivity index (χ0) is 15.8. The van der Waals surface area contributed by atoms with E-state index in [1.807, 2.05) is 0 Å². The maximum atomic E-state index is 13.0. The monoisotopic (exact) mass is 310 g/mol. The van der Waals surface area contributed by atoms with Crippen LogP contribution in [-0.4, -0.2) is 20.2 Å². The van der Waals surface area contributed by atoms with E-state index in [1.54, 1.807) is 6.07 Å². The third-order valence-electron chi connectivity index (χ3n) is 4.17. The predicted octanol–water partition coefficient (Wildman–Crippen LogP) is 3.94. The van der Waals surface area contributed by atoms with Crippen LogP contribution in [0.1, 0.15) is 38.2 Å². The van der Waals surface area contributed by atoms with Crippen molar-refractivity contribution in [1.29, 1.82) is 0 Å². The summed E-state index contributed by atoms with van der Waals surface area (Å²) in [4.78, 5) is 1.38. The van der Waals surface area contributed by atoms with Gasteiger partial charge in [0.2, 0.25) is 5.82 Å². The second kappa shape index (κ2) is 5.37. The molecule has 2 aromatic rings. The summed E-state index contributed by atoms with van der Waals surface area (Å²) in [6, 6.07) is 5.30. The molecular weight excluding hydrogens is 293 g/mol. The van der Waals surface area contributed by atoms with E-state index in [0.29, 0.717) is 12.0 Å². The smallest absolute Gasteiger partial charge is 0.166 e. The van der Waals surface area contributed by atoms with Gasteiger partial charge in [-0.05, 0) is 42.4 Å². The minimum atomic E-state index is -4.43. The van der Waals surface area contributed by atoms with Crippen molar-refractivity contribution in [1.82, 2.24) is 20.2 Å². The lowest BCUT2D eigenvalue weighted by molar-refractivity contribution is -0.137. The standard InChI is InChI=1S/C15H17F3N4/c1-14(8-9-14)7-4-10-22-20-13(19-21-22)11-5-2-3-6-12(11)15(16,17)18/h2-3,5-6H,4,7-10H2,1H3. The first-order chi connectivity index (χ1) is 10.4. The zero-order valence-corrected chi connectivity index (χ0v) is 12.3. The van der Waals surface area contributed by atoms with Crippen LogP contribution < -0.4 is 0 Å². The largest absolute Gasteiger partial charge is 0.417 e. The maximum absolute atomic E-state index is 13.0. The van der Waals surface area contributed by atoms with Crippen LogP contribution >= 0.6 is 0 Å². The Labute approximate surface area is 126 Å². The molecule has 1 fully saturated rings. The van der Waals surface area contributed by atoms with E-state index < -0.39 is 11.7 Å². The van der Waals surface area contributed by atoms with Crippen molar-refractivity contribution in [3.05, 3.63) is 29.8 Å². The normalized spacial score (nSPS) is 16.7. The van der Waals surface area contributed by atoms with Crippen molar-refractivity contribution >= 4 is 0 Å². The quantitative estimate of drug-likeness (QED) is 0.840. The van der Waals surface area contributed by atoms with Crippen LogP contribution in [-0.2, 0) is 12.7 Å². The minimum Gasteiger partial charge on any atom is -0.166 e. The van der Waals surface area contributed by atoms with Gasteiger partial charge in [0.1, 0.15) is 0 Å². The Hall–Kier alpha value is -1.92. The molecule has 0 radical (unpaired) electrons. The molecule has 0 N–H and O–H groups in total. The second-order valence-corrected chi connectivity index (χ2v) is 6.17. The Morgan fingerprint density at radius 1 is 1.23 bits per heavy atom. The molecule has 1 aromatic heterocycles. The number of hydrogen-bond donors (Lipinski definition) is 0. The lowest BCUT2D eigenvalue weighted by atomic mass is 10.0. The Bertz CT molecular complexity index is 659. The number of halogens is 3. The van der Waals surface area contributed by atoms with Crippen LogP contribution in [0.5, 0.6) is 0 Å². The SMILES string of the molecule is CC1(CCCn2nnc(-c3ccccc3C(F)(F)F)n2)CC1. The number of rotatable bonds is 5.